The van der Waals surface area contributed by atoms with Crippen LogP contribution in [0, 0.1) is 5.92 Å². The Morgan fingerprint density at radius 1 is 0.827 bits per heavy atom. The summed E-state index contributed by atoms with van der Waals surface area (Å²) in [6.07, 6.45) is 9.03. The van der Waals surface area contributed by atoms with E-state index in [-0.39, 0.29) is 29.8 Å². The number of methoxy groups -OCH3 is 3. The number of benzene rings is 3. The molecule has 2 atom stereocenters. The Kier molecular flexibility index (Phi) is 18.6. The zero-order valence-electron chi connectivity index (χ0n) is 32.8. The van der Waals surface area contributed by atoms with Gasteiger partial charge in [-0.15, -0.1) is 0 Å². The second kappa shape index (κ2) is 22.5. The van der Waals surface area contributed by atoms with E-state index in [2.05, 4.69) is 101 Å². The molecule has 0 radical (unpaired) electrons. The van der Waals surface area contributed by atoms with Crippen molar-refractivity contribution in [1.29, 1.82) is 0 Å². The molecule has 7 nitrogen and oxygen atoms in total. The largest absolute Gasteiger partial charge is 0.497 e. The second-order valence-corrected chi connectivity index (χ2v) is 18.8. The highest BCUT2D eigenvalue weighted by Gasteiger charge is 2.49. The molecule has 0 saturated carbocycles. The molecule has 0 aliphatic heterocycles. The van der Waals surface area contributed by atoms with Crippen LogP contribution in [0.1, 0.15) is 78.7 Å². The van der Waals surface area contributed by atoms with Gasteiger partial charge in [0.15, 0.2) is 0 Å². The zero-order chi connectivity index (χ0) is 37.8. The molecule has 0 unspecified atom stereocenters. The maximum atomic E-state index is 12.7. The van der Waals surface area contributed by atoms with Crippen molar-refractivity contribution in [1.82, 2.24) is 0 Å². The van der Waals surface area contributed by atoms with Gasteiger partial charge >= 0.3 is 5.97 Å². The van der Waals surface area contributed by atoms with Gasteiger partial charge in [0.05, 0.1) is 33.5 Å². The van der Waals surface area contributed by atoms with Crippen LogP contribution in [0.3, 0.4) is 0 Å². The molecule has 0 aliphatic rings. The molecule has 52 heavy (non-hydrogen) atoms. The number of ether oxygens (including phenoxy) is 5. The highest BCUT2D eigenvalue weighted by atomic mass is 28.4. The Morgan fingerprint density at radius 2 is 1.46 bits per heavy atom. The molecule has 0 amide bonds. The average molecular weight is 731 g/mol. The van der Waals surface area contributed by atoms with E-state index >= 15 is 0 Å². The van der Waals surface area contributed by atoms with E-state index in [0.717, 1.165) is 49.0 Å². The standard InChI is InChI=1S/C44H62O7Si/c1-35(19-17-31-51-52(44(3,4)5,40-23-11-9-12-24-40)41-25-13-10-14-26-41)18-15-21-38(43(45)48-8)22-16-20-36(2)42(50-34-46-6)33-49-32-37-27-29-39(47-7)30-28-37/h9-14,19,21,23-30,36,42H,15-18,20,22,31-34H2,1-8H3/b35-19+,38-21+/t36-,42-/m0/s1. The molecular weight excluding hydrogens is 669 g/mol. The fourth-order valence-electron chi connectivity index (χ4n) is 6.62. The molecule has 0 N–H and O–H groups in total. The Morgan fingerprint density at radius 3 is 2.02 bits per heavy atom. The highest BCUT2D eigenvalue weighted by Crippen LogP contribution is 2.37. The second-order valence-electron chi connectivity index (χ2n) is 14.5. The van der Waals surface area contributed by atoms with Gasteiger partial charge in [-0.25, -0.2) is 4.79 Å². The monoisotopic (exact) mass is 730 g/mol. The molecule has 0 aromatic heterocycles. The molecular formula is C44H62O7Si. The van der Waals surface area contributed by atoms with Crippen molar-refractivity contribution in [2.45, 2.75) is 90.9 Å². The number of rotatable bonds is 23. The first-order valence-corrected chi connectivity index (χ1v) is 20.5. The van der Waals surface area contributed by atoms with Crippen LogP contribution in [-0.2, 0) is 34.8 Å². The molecule has 3 aromatic carbocycles. The topological polar surface area (TPSA) is 72.5 Å². The molecule has 0 heterocycles. The number of carbonyl (C=O) groups is 1. The molecule has 0 saturated heterocycles. The van der Waals surface area contributed by atoms with Crippen molar-refractivity contribution in [2.24, 2.45) is 5.92 Å². The van der Waals surface area contributed by atoms with E-state index in [1.807, 2.05) is 30.3 Å². The van der Waals surface area contributed by atoms with E-state index in [1.165, 1.54) is 23.1 Å². The summed E-state index contributed by atoms with van der Waals surface area (Å²) in [5.41, 5.74) is 3.08. The first-order valence-electron chi connectivity index (χ1n) is 18.5. The van der Waals surface area contributed by atoms with Gasteiger partial charge in [0.1, 0.15) is 12.5 Å². The third-order valence-electron chi connectivity index (χ3n) is 9.57. The van der Waals surface area contributed by atoms with Crippen LogP contribution in [0.15, 0.2) is 108 Å². The van der Waals surface area contributed by atoms with E-state index in [4.69, 9.17) is 28.1 Å². The highest BCUT2D eigenvalue weighted by molar-refractivity contribution is 6.99. The van der Waals surface area contributed by atoms with Crippen LogP contribution in [0.25, 0.3) is 0 Å². The first kappa shape index (κ1) is 42.9. The quantitative estimate of drug-likeness (QED) is 0.0241. The van der Waals surface area contributed by atoms with Crippen molar-refractivity contribution in [3.63, 3.8) is 0 Å². The Balaban J connectivity index is 1.53. The Hall–Kier alpha value is -3.53. The third-order valence-corrected chi connectivity index (χ3v) is 14.6. The first-order chi connectivity index (χ1) is 25.0. The Labute approximate surface area is 314 Å². The van der Waals surface area contributed by atoms with Crippen LogP contribution in [0.2, 0.25) is 5.04 Å². The summed E-state index contributed by atoms with van der Waals surface area (Å²) >= 11 is 0. The lowest BCUT2D eigenvalue weighted by atomic mass is 9.96. The number of carbonyl (C=O) groups excluding carboxylic acids is 1. The van der Waals surface area contributed by atoms with Gasteiger partial charge < -0.3 is 28.1 Å². The summed E-state index contributed by atoms with van der Waals surface area (Å²) < 4.78 is 34.6. The van der Waals surface area contributed by atoms with Gasteiger partial charge in [0.25, 0.3) is 8.32 Å². The number of hydrogen-bond donors (Lipinski definition) is 0. The molecule has 3 aromatic rings. The van der Waals surface area contributed by atoms with E-state index in [0.29, 0.717) is 26.2 Å². The summed E-state index contributed by atoms with van der Waals surface area (Å²) in [6, 6.07) is 29.4. The minimum Gasteiger partial charge on any atom is -0.497 e. The van der Waals surface area contributed by atoms with Crippen molar-refractivity contribution < 1.29 is 32.9 Å². The molecule has 0 fully saturated rings. The van der Waals surface area contributed by atoms with Crippen molar-refractivity contribution in [3.8, 4) is 5.75 Å². The third kappa shape index (κ3) is 13.2. The SMILES string of the molecule is COCO[C@@H](COCc1ccc(OC)cc1)[C@@H](C)CCC/C(=C\CC/C(C)=C/CCO[Si](c1ccccc1)(c1ccccc1)C(C)(C)C)C(=O)OC. The van der Waals surface area contributed by atoms with Gasteiger partial charge in [-0.1, -0.05) is 118 Å². The van der Waals surface area contributed by atoms with Crippen LogP contribution in [0.4, 0.5) is 0 Å². The lowest BCUT2D eigenvalue weighted by Gasteiger charge is -2.43. The van der Waals surface area contributed by atoms with Crippen molar-refractivity contribution >= 4 is 24.7 Å². The minimum absolute atomic E-state index is 0.0508. The van der Waals surface area contributed by atoms with Gasteiger partial charge in [-0.05, 0) is 84.5 Å². The average Bonchev–Trinajstić information content (AvgIpc) is 3.15. The minimum atomic E-state index is -2.55. The summed E-state index contributed by atoms with van der Waals surface area (Å²) in [4.78, 5) is 12.7. The van der Waals surface area contributed by atoms with Crippen LogP contribution in [-0.4, -0.2) is 61.7 Å². The molecule has 0 bridgehead atoms. The normalized spacial score (nSPS) is 13.8. The predicted molar refractivity (Wildman–Crippen MR) is 214 cm³/mol. The van der Waals surface area contributed by atoms with Gasteiger partial charge in [0.2, 0.25) is 0 Å². The molecule has 8 heteroatoms. The summed E-state index contributed by atoms with van der Waals surface area (Å²) in [7, 11) is 2.17. The lowest BCUT2D eigenvalue weighted by molar-refractivity contribution is -0.136. The predicted octanol–water partition coefficient (Wildman–Crippen LogP) is 8.80. The summed E-state index contributed by atoms with van der Waals surface area (Å²) in [5.74, 6) is 0.767. The number of esters is 1. The van der Waals surface area contributed by atoms with Crippen LogP contribution < -0.4 is 15.1 Å². The van der Waals surface area contributed by atoms with Crippen LogP contribution >= 0.6 is 0 Å². The lowest BCUT2D eigenvalue weighted by Crippen LogP contribution is -2.66. The van der Waals surface area contributed by atoms with E-state index < -0.39 is 8.32 Å². The van der Waals surface area contributed by atoms with Crippen molar-refractivity contribution in [2.75, 3.05) is 41.3 Å². The maximum absolute atomic E-state index is 12.7. The summed E-state index contributed by atoms with van der Waals surface area (Å²) in [5, 5.41) is 2.53. The number of hydrogen-bond acceptors (Lipinski definition) is 7. The number of allylic oxidation sites excluding steroid dienone is 2. The van der Waals surface area contributed by atoms with E-state index in [1.54, 1.807) is 14.2 Å². The molecule has 3 rings (SSSR count). The van der Waals surface area contributed by atoms with Gasteiger partial charge in [0, 0.05) is 19.3 Å². The summed E-state index contributed by atoms with van der Waals surface area (Å²) in [6.45, 7) is 13.0. The molecule has 284 valence electrons. The van der Waals surface area contributed by atoms with Gasteiger partial charge in [-0.2, -0.15) is 0 Å². The maximum Gasteiger partial charge on any atom is 0.333 e. The Bertz CT molecular complexity index is 1460. The van der Waals surface area contributed by atoms with Crippen molar-refractivity contribution in [3.05, 3.63) is 114 Å². The van der Waals surface area contributed by atoms with Crippen LogP contribution in [0.5, 0.6) is 5.75 Å². The molecule has 0 spiro atoms. The fourth-order valence-corrected chi connectivity index (χ4v) is 11.2. The van der Waals surface area contributed by atoms with Gasteiger partial charge in [-0.3, -0.25) is 0 Å². The molecule has 0 aliphatic carbocycles. The fraction of sp³-hybridized carbons (Fsp3) is 0.477. The smallest absolute Gasteiger partial charge is 0.333 e. The van der Waals surface area contributed by atoms with E-state index in [9.17, 15) is 4.79 Å². The zero-order valence-corrected chi connectivity index (χ0v) is 33.8.